The van der Waals surface area contributed by atoms with Crippen LogP contribution in [0.25, 0.3) is 11.1 Å². The van der Waals surface area contributed by atoms with Gasteiger partial charge in [-0.1, -0.05) is 51.1 Å². The van der Waals surface area contributed by atoms with Crippen LogP contribution in [0.4, 0.5) is 8.78 Å². The molecule has 0 bridgehead atoms. The smallest absolute Gasteiger partial charge is 0.327 e. The number of benzene rings is 2. The maximum Gasteiger partial charge on any atom is 0.327 e. The van der Waals surface area contributed by atoms with Gasteiger partial charge in [-0.15, -0.1) is 11.8 Å². The molecule has 88 heavy (non-hydrogen) atoms. The van der Waals surface area contributed by atoms with Gasteiger partial charge in [-0.05, 0) is 55.5 Å². The van der Waals surface area contributed by atoms with Crippen molar-refractivity contribution in [1.82, 2.24) is 46.3 Å². The summed E-state index contributed by atoms with van der Waals surface area (Å²) >= 11 is 0.937. The van der Waals surface area contributed by atoms with Crippen LogP contribution < -0.4 is 37.6 Å². The number of carboxylic acids is 1. The van der Waals surface area contributed by atoms with E-state index in [0.29, 0.717) is 16.6 Å². The zero-order valence-corrected chi connectivity index (χ0v) is 51.0. The molecule has 5 atom stereocenters. The molecule has 1 aromatic heterocycles. The molecule has 1 aliphatic rings. The van der Waals surface area contributed by atoms with E-state index in [2.05, 4.69) is 26.6 Å². The van der Waals surface area contributed by atoms with Crippen LogP contribution in [0.15, 0.2) is 72.9 Å². The van der Waals surface area contributed by atoms with Gasteiger partial charge in [0.1, 0.15) is 42.3 Å². The van der Waals surface area contributed by atoms with Gasteiger partial charge in [0.05, 0.1) is 71.1 Å². The lowest BCUT2D eigenvalue weighted by Crippen LogP contribution is -2.56. The Kier molecular flexibility index (Phi) is 29.6. The van der Waals surface area contributed by atoms with Gasteiger partial charge in [0.25, 0.3) is 11.8 Å². The SMILES string of the molecule is [2H]N(C(C)=O)[C@@H](C)C(=O)N[C@@H](C)C(=O)N[C@@H](CC(N)=O)C(=O)NCCCN(C(=O)CSC[C@H](NC(=O)CCOCCOCCOCCOCCNC(=O)CN1C(=O)C=CC1=O)C(=O)O)[C@@H](c1cc(-c2cc(F)ccc2F)cn1Cc1ccccc1)C(C)(C)C. The lowest BCUT2D eigenvalue weighted by molar-refractivity contribution is -0.141. The maximum absolute atomic E-state index is 15.5. The second kappa shape index (κ2) is 36.9. The maximum atomic E-state index is 15.5. The first-order chi connectivity index (χ1) is 42.2. The van der Waals surface area contributed by atoms with Gasteiger partial charge in [-0.25, -0.2) is 13.6 Å². The number of carboxylic acid groups (broad SMARTS) is 1. The van der Waals surface area contributed by atoms with Crippen molar-refractivity contribution in [3.05, 3.63) is 95.8 Å². The number of hydrogen-bond donors (Lipinski definition) is 8. The predicted molar refractivity (Wildman–Crippen MR) is 317 cm³/mol. The monoisotopic (exact) mass is 1260 g/mol. The van der Waals surface area contributed by atoms with E-state index in [0.717, 1.165) is 59.5 Å². The molecule has 0 saturated heterocycles. The number of rotatable bonds is 40. The highest BCUT2D eigenvalue weighted by atomic mass is 32.2. The highest BCUT2D eigenvalue weighted by Gasteiger charge is 2.38. The molecule has 0 aliphatic carbocycles. The number of nitrogens with zero attached hydrogens (tertiary/aromatic N) is 3. The van der Waals surface area contributed by atoms with Crippen molar-refractivity contribution >= 4 is 76.8 Å². The van der Waals surface area contributed by atoms with E-state index in [1.807, 2.05) is 55.7 Å². The molecule has 2 heterocycles. The average Bonchev–Trinajstić information content (AvgIpc) is 1.76. The Morgan fingerprint density at radius 3 is 1.97 bits per heavy atom. The van der Waals surface area contributed by atoms with Crippen molar-refractivity contribution in [2.75, 3.05) is 90.5 Å². The Labute approximate surface area is 514 Å². The van der Waals surface area contributed by atoms with Gasteiger partial charge in [-0.3, -0.25) is 52.8 Å². The minimum atomic E-state index is -1.52. The quantitative estimate of drug-likeness (QED) is 0.0292. The van der Waals surface area contributed by atoms with Gasteiger partial charge in [0.2, 0.25) is 47.3 Å². The zero-order valence-electron chi connectivity index (χ0n) is 51.1. The van der Waals surface area contributed by atoms with Crippen molar-refractivity contribution in [2.45, 2.75) is 97.6 Å². The lowest BCUT2D eigenvalue weighted by atomic mass is 9.83. The topological polar surface area (TPSA) is 355 Å². The van der Waals surface area contributed by atoms with E-state index >= 15 is 4.39 Å². The average molecular weight is 1260 g/mol. The number of amides is 10. The number of aliphatic carboxylic acids is 1. The molecule has 3 aromatic rings. The first-order valence-corrected chi connectivity index (χ1v) is 29.5. The summed E-state index contributed by atoms with van der Waals surface area (Å²) in [6, 6.07) is 7.66. The molecule has 29 heteroatoms. The van der Waals surface area contributed by atoms with Crippen LogP contribution in [-0.2, 0) is 78.2 Å². The van der Waals surface area contributed by atoms with Crippen molar-refractivity contribution in [3.63, 3.8) is 0 Å². The summed E-state index contributed by atoms with van der Waals surface area (Å²) in [6.45, 7) is 10.4. The minimum Gasteiger partial charge on any atom is -0.480 e. The number of carbonyl (C=O) groups excluding carboxylic acids is 10. The molecule has 9 N–H and O–H groups in total. The van der Waals surface area contributed by atoms with Gasteiger partial charge in [0.15, 0.2) is 1.41 Å². The zero-order chi connectivity index (χ0) is 65.8. The van der Waals surface area contributed by atoms with Gasteiger partial charge >= 0.3 is 5.97 Å². The number of carbonyl (C=O) groups is 11. The Morgan fingerprint density at radius 2 is 1.36 bits per heavy atom. The van der Waals surface area contributed by atoms with E-state index in [4.69, 9.17) is 26.1 Å². The number of hydrogen-bond acceptors (Lipinski definition) is 16. The third-order valence-electron chi connectivity index (χ3n) is 13.0. The second-order valence-corrected chi connectivity index (χ2v) is 22.3. The molecule has 0 fully saturated rings. The van der Waals surface area contributed by atoms with Crippen molar-refractivity contribution < 1.29 is 87.0 Å². The normalized spacial score (nSPS) is 14.0. The number of halogens is 2. The number of imide groups is 1. The number of primary amides is 1. The third-order valence-corrected chi connectivity index (χ3v) is 14.0. The van der Waals surface area contributed by atoms with Crippen molar-refractivity contribution in [2.24, 2.45) is 11.1 Å². The molecule has 0 unspecified atom stereocenters. The molecular formula is C59H80F2N10O16S. The van der Waals surface area contributed by atoms with Crippen LogP contribution in [0, 0.1) is 17.0 Å². The van der Waals surface area contributed by atoms with E-state index < -0.39 is 119 Å². The summed E-state index contributed by atoms with van der Waals surface area (Å²) in [5.41, 5.74) is 6.27. The third kappa shape index (κ3) is 25.3. The van der Waals surface area contributed by atoms with Gasteiger partial charge in [0, 0.05) is 80.4 Å². The fourth-order valence-corrected chi connectivity index (χ4v) is 9.72. The number of aromatic nitrogens is 1. The molecule has 4 rings (SSSR count). The predicted octanol–water partition coefficient (Wildman–Crippen LogP) is 1.09. The molecular weight excluding hydrogens is 1170 g/mol. The summed E-state index contributed by atoms with van der Waals surface area (Å²) < 4.78 is 61.6. The lowest BCUT2D eigenvalue weighted by Gasteiger charge is -2.41. The van der Waals surface area contributed by atoms with E-state index in [1.165, 1.54) is 13.8 Å². The van der Waals surface area contributed by atoms with Crippen LogP contribution in [0.2, 0.25) is 1.41 Å². The Morgan fingerprint density at radius 1 is 0.750 bits per heavy atom. The van der Waals surface area contributed by atoms with Crippen LogP contribution in [0.1, 0.15) is 78.1 Å². The fourth-order valence-electron chi connectivity index (χ4n) is 8.80. The standard InChI is InChI=1S/C59H80F2N10O16S/c1-37(65-39(3)72)55(79)66-38(2)56(80)68-45(31-48(62)73)57(81)64-18-10-20-70(54(59(4,5)6)47-29-41(43-30-42(60)13-14-44(43)61)33-69(47)32-40-11-8-7-9-12-40)53(78)36-88-35-46(58(82)83)67-49(74)17-21-84-23-25-86-27-28-87-26-24-85-22-19-63-50(75)34-71-51(76)15-16-52(71)77/h7-9,11-16,29-30,33,37-38,45-46,54H,10,17-28,31-32,34-36H2,1-6H3,(H2,62,73)(H,63,75)(H,64,81)(H,65,72)(H,66,79)(H,67,74)(H,68,80)(H,82,83)/t37-,38-,45-,46-,54-/m0/s1/i/hD. The number of ether oxygens (including phenoxy) is 4. The van der Waals surface area contributed by atoms with Crippen LogP contribution in [0.5, 0.6) is 0 Å². The minimum absolute atomic E-state index is 0.0340. The molecule has 26 nitrogen and oxygen atoms in total. The van der Waals surface area contributed by atoms with Crippen molar-refractivity contribution in [1.29, 1.82) is 0 Å². The van der Waals surface area contributed by atoms with Crippen LogP contribution in [-0.4, -0.2) is 199 Å². The summed E-state index contributed by atoms with van der Waals surface area (Å²) in [6.07, 6.45) is 3.06. The fraction of sp³-hybridized carbons (Fsp3) is 0.508. The van der Waals surface area contributed by atoms with E-state index in [9.17, 15) is 62.2 Å². The molecule has 0 saturated carbocycles. The first kappa shape index (κ1) is 70.6. The second-order valence-electron chi connectivity index (χ2n) is 21.3. The number of thioether (sulfide) groups is 1. The highest BCUT2D eigenvalue weighted by molar-refractivity contribution is 8.00. The molecule has 1 aliphatic heterocycles. The summed E-state index contributed by atoms with van der Waals surface area (Å²) in [5.74, 6) is -10.3. The first-order valence-electron chi connectivity index (χ1n) is 28.8. The molecule has 482 valence electrons. The number of nitrogens with one attached hydrogen (secondary N) is 6. The highest BCUT2D eigenvalue weighted by Crippen LogP contribution is 2.41. The molecule has 2 aromatic carbocycles. The largest absolute Gasteiger partial charge is 0.480 e. The summed E-state index contributed by atoms with van der Waals surface area (Å²) in [5, 5.41) is 23.0. The Balaban J connectivity index is 1.37. The van der Waals surface area contributed by atoms with Gasteiger partial charge in [-0.2, -0.15) is 0 Å². The van der Waals surface area contributed by atoms with Crippen LogP contribution in [0.3, 0.4) is 0 Å². The summed E-state index contributed by atoms with van der Waals surface area (Å²) in [4.78, 5) is 141. The summed E-state index contributed by atoms with van der Waals surface area (Å²) in [7, 11) is 0. The van der Waals surface area contributed by atoms with Crippen LogP contribution >= 0.6 is 11.8 Å². The van der Waals surface area contributed by atoms with E-state index in [1.54, 1.807) is 17.2 Å². The van der Waals surface area contributed by atoms with Crippen molar-refractivity contribution in [3.8, 4) is 11.1 Å². The molecule has 0 spiro atoms. The molecule has 10 amide bonds. The Hall–Kier alpha value is -8.12. The molecule has 0 radical (unpaired) electrons. The van der Waals surface area contributed by atoms with E-state index in [-0.39, 0.29) is 115 Å². The van der Waals surface area contributed by atoms with Gasteiger partial charge < -0.3 is 71.1 Å². The number of nitrogens with two attached hydrogens (primary N) is 1. The Bertz CT molecular complexity index is 2950.